The SMILES string of the molecule is C#C/C=C\C=C/CN(c1ccc2c(c1)[P+]1(c3cc(N(c4ccccc4OC)c4ccccc4OC)ccc3-2)c2cc(N(c3ccccc3OC)c3ccccc3OC)ccc2-c2ccc(N(C3C=CC=C3)C3C=CC=C3)cc21)c1ccccc1OC. The molecule has 422 valence electrons. The second kappa shape index (κ2) is 23.7. The van der Waals surface area contributed by atoms with Gasteiger partial charge in [-0.1, -0.05) is 133 Å². The molecule has 86 heavy (non-hydrogen) atoms. The summed E-state index contributed by atoms with van der Waals surface area (Å²) in [7, 11) is 5.59. The van der Waals surface area contributed by atoms with Crippen molar-refractivity contribution in [3.05, 3.63) is 267 Å². The molecule has 0 radical (unpaired) electrons. The average Bonchev–Trinajstić information content (AvgIpc) is 1.51. The van der Waals surface area contributed by atoms with Gasteiger partial charge in [-0.05, 0) is 115 Å². The van der Waals surface area contributed by atoms with E-state index in [1.165, 1.54) is 37.9 Å². The number of rotatable bonds is 19. The van der Waals surface area contributed by atoms with Crippen molar-refractivity contribution < 1.29 is 23.7 Å². The van der Waals surface area contributed by atoms with E-state index in [1.807, 2.05) is 72.8 Å². The van der Waals surface area contributed by atoms with Crippen LogP contribution in [0.2, 0.25) is 0 Å². The van der Waals surface area contributed by atoms with Gasteiger partial charge in [0.25, 0.3) is 0 Å². The van der Waals surface area contributed by atoms with Gasteiger partial charge in [-0.15, -0.1) is 6.42 Å². The molecule has 10 heteroatoms. The van der Waals surface area contributed by atoms with Crippen LogP contribution in [0.3, 0.4) is 0 Å². The highest BCUT2D eigenvalue weighted by Gasteiger charge is 2.61. The standard InChI is InChI=1S/C76H64N4O5P/c1-7-8-9-10-25-48-77(63-30-15-20-35-68(63)81-2)55-40-44-59-61-46-42-57(79(64-31-16-21-36-69(64)82-3)65-32-17-22-37-70(65)83-4)51-75(61)86(73(59)49-55)74-50-56(78(53-26-11-12-27-53)54-28-13-14-29-54)41-45-60(74)62-47-43-58(52-76(62)86)80(66-33-18-23-38-71(66)84-5)67-34-19-24-39-72(67)85-6/h1,8-47,49-54H,48H2,2-6H3/q+1/b9-8-,25-10-. The third-order valence-electron chi connectivity index (χ3n) is 16.6. The molecule has 0 fully saturated rings. The van der Waals surface area contributed by atoms with Crippen LogP contribution in [0.1, 0.15) is 0 Å². The molecule has 0 N–H and O–H groups in total. The third-order valence-corrected chi connectivity index (χ3v) is 21.0. The van der Waals surface area contributed by atoms with Gasteiger partial charge in [-0.25, -0.2) is 0 Å². The predicted octanol–water partition coefficient (Wildman–Crippen LogP) is 15.9. The lowest BCUT2D eigenvalue weighted by atomic mass is 10.0. The minimum absolute atomic E-state index is 0.0277. The number of benzene rings is 9. The molecule has 2 aliphatic carbocycles. The maximum atomic E-state index is 6.22. The van der Waals surface area contributed by atoms with Crippen LogP contribution in [-0.2, 0) is 0 Å². The van der Waals surface area contributed by atoms with E-state index < -0.39 is 7.26 Å². The molecular formula is C76H64N4O5P+. The molecule has 2 aliphatic heterocycles. The molecule has 0 saturated heterocycles. The molecule has 9 nitrogen and oxygen atoms in total. The number of anilines is 9. The van der Waals surface area contributed by atoms with Crippen molar-refractivity contribution in [1.29, 1.82) is 0 Å². The number of fused-ring (bicyclic) bond motifs is 10. The van der Waals surface area contributed by atoms with Gasteiger partial charge in [0.1, 0.15) is 57.2 Å². The van der Waals surface area contributed by atoms with E-state index in [0.717, 1.165) is 85.5 Å². The van der Waals surface area contributed by atoms with Crippen LogP contribution in [0.15, 0.2) is 267 Å². The largest absolute Gasteiger partial charge is 0.495 e. The summed E-state index contributed by atoms with van der Waals surface area (Å²) in [6, 6.07) is 69.5. The summed E-state index contributed by atoms with van der Waals surface area (Å²) in [5.74, 6) is 6.28. The van der Waals surface area contributed by atoms with Crippen LogP contribution in [0, 0.1) is 12.3 Å². The molecule has 13 rings (SSSR count). The van der Waals surface area contributed by atoms with Crippen LogP contribution < -0.4 is 64.5 Å². The second-order valence-corrected chi connectivity index (χ2v) is 24.3. The van der Waals surface area contributed by atoms with E-state index in [9.17, 15) is 0 Å². The molecule has 0 bridgehead atoms. The lowest BCUT2D eigenvalue weighted by Crippen LogP contribution is -2.39. The summed E-state index contributed by atoms with van der Waals surface area (Å²) in [5.41, 5.74) is 13.1. The van der Waals surface area contributed by atoms with Crippen molar-refractivity contribution in [3.63, 3.8) is 0 Å². The molecule has 1 unspecified atom stereocenters. The fourth-order valence-electron chi connectivity index (χ4n) is 12.9. The quantitative estimate of drug-likeness (QED) is 0.0448. The number of methoxy groups -OCH3 is 5. The van der Waals surface area contributed by atoms with Gasteiger partial charge in [-0.3, -0.25) is 0 Å². The Labute approximate surface area is 504 Å². The van der Waals surface area contributed by atoms with Crippen molar-refractivity contribution >= 4 is 79.7 Å². The summed E-state index contributed by atoms with van der Waals surface area (Å²) in [5, 5.41) is 4.96. The molecule has 1 atom stereocenters. The number of hydrogen-bond donors (Lipinski definition) is 0. The number of allylic oxidation sites excluding steroid dienone is 7. The van der Waals surface area contributed by atoms with Crippen LogP contribution >= 0.6 is 7.26 Å². The maximum Gasteiger partial charge on any atom is 0.147 e. The minimum Gasteiger partial charge on any atom is -0.495 e. The number of ether oxygens (including phenoxy) is 5. The third kappa shape index (κ3) is 9.36. The molecule has 1 spiro atoms. The Morgan fingerprint density at radius 3 is 1.10 bits per heavy atom. The highest BCUT2D eigenvalue weighted by atomic mass is 31.2. The first kappa shape index (κ1) is 54.8. The van der Waals surface area contributed by atoms with E-state index in [4.69, 9.17) is 30.1 Å². The van der Waals surface area contributed by atoms with Gasteiger partial charge in [0.15, 0.2) is 0 Å². The second-order valence-electron chi connectivity index (χ2n) is 21.0. The van der Waals surface area contributed by atoms with Crippen LogP contribution in [0.5, 0.6) is 28.7 Å². The van der Waals surface area contributed by atoms with Crippen molar-refractivity contribution in [3.8, 4) is 63.3 Å². The van der Waals surface area contributed by atoms with E-state index in [-0.39, 0.29) is 12.1 Å². The Bertz CT molecular complexity index is 4050. The van der Waals surface area contributed by atoms with E-state index in [2.05, 4.69) is 214 Å². The van der Waals surface area contributed by atoms with Crippen molar-refractivity contribution in [1.82, 2.24) is 0 Å². The zero-order chi connectivity index (χ0) is 58.7. The Morgan fingerprint density at radius 1 is 0.395 bits per heavy atom. The summed E-state index contributed by atoms with van der Waals surface area (Å²) in [6.45, 7) is 0.525. The number of hydrogen-bond acceptors (Lipinski definition) is 9. The van der Waals surface area contributed by atoms with Crippen LogP contribution in [-0.4, -0.2) is 54.2 Å². The zero-order valence-corrected chi connectivity index (χ0v) is 49.5. The normalized spacial score (nSPS) is 15.0. The van der Waals surface area contributed by atoms with Gasteiger partial charge in [0.05, 0.1) is 87.4 Å². The van der Waals surface area contributed by atoms with Gasteiger partial charge in [0.2, 0.25) is 0 Å². The number of terminal acetylenes is 1. The first-order valence-electron chi connectivity index (χ1n) is 28.7. The Balaban J connectivity index is 1.16. The van der Waals surface area contributed by atoms with Crippen molar-refractivity contribution in [2.75, 3.05) is 61.7 Å². The number of para-hydroxylation sites is 10. The topological polar surface area (TPSA) is 59.1 Å². The summed E-state index contributed by atoms with van der Waals surface area (Å²) < 4.78 is 31.0. The zero-order valence-electron chi connectivity index (χ0n) is 48.6. The highest BCUT2D eigenvalue weighted by Crippen LogP contribution is 2.68. The Kier molecular flexibility index (Phi) is 15.1. The fraction of sp³-hybridized carbons (Fsp3) is 0.105. The van der Waals surface area contributed by atoms with Gasteiger partial charge < -0.3 is 43.3 Å². The first-order valence-corrected chi connectivity index (χ1v) is 30.5. The summed E-state index contributed by atoms with van der Waals surface area (Å²) in [4.78, 5) is 9.44. The van der Waals surface area contributed by atoms with Crippen molar-refractivity contribution in [2.45, 2.75) is 12.1 Å². The fourth-order valence-corrected chi connectivity index (χ4v) is 18.0. The first-order chi connectivity index (χ1) is 42.4. The Morgan fingerprint density at radius 2 is 0.721 bits per heavy atom. The Hall–Kier alpha value is -10.4. The van der Waals surface area contributed by atoms with E-state index in [1.54, 1.807) is 41.6 Å². The highest BCUT2D eigenvalue weighted by molar-refractivity contribution is 8.03. The lowest BCUT2D eigenvalue weighted by molar-refractivity contribution is 0.412. The number of nitrogens with zero attached hydrogens (tertiary/aromatic N) is 4. The molecule has 2 heterocycles. The van der Waals surface area contributed by atoms with Crippen LogP contribution in [0.25, 0.3) is 22.3 Å². The van der Waals surface area contributed by atoms with Gasteiger partial charge in [0, 0.05) is 64.4 Å². The molecule has 0 amide bonds. The molecule has 0 aromatic heterocycles. The molecule has 0 saturated carbocycles. The summed E-state index contributed by atoms with van der Waals surface area (Å²) >= 11 is 0. The van der Waals surface area contributed by atoms with Gasteiger partial charge >= 0.3 is 0 Å². The molecule has 9 aromatic carbocycles. The molecular weight excluding hydrogens is 1080 g/mol. The lowest BCUT2D eigenvalue weighted by Gasteiger charge is -2.34. The predicted molar refractivity (Wildman–Crippen MR) is 359 cm³/mol. The molecule has 4 aliphatic rings. The van der Waals surface area contributed by atoms with E-state index >= 15 is 0 Å². The smallest absolute Gasteiger partial charge is 0.147 e. The summed E-state index contributed by atoms with van der Waals surface area (Å²) in [6.07, 6.45) is 31.2. The monoisotopic (exact) mass is 1140 g/mol. The van der Waals surface area contributed by atoms with Gasteiger partial charge in [-0.2, -0.15) is 0 Å². The maximum absolute atomic E-state index is 6.22. The van der Waals surface area contributed by atoms with Crippen LogP contribution in [0.4, 0.5) is 51.2 Å². The average molecular weight is 1140 g/mol. The minimum atomic E-state index is -3.07. The molecule has 9 aromatic rings. The van der Waals surface area contributed by atoms with E-state index in [0.29, 0.717) is 6.54 Å². The van der Waals surface area contributed by atoms with Crippen molar-refractivity contribution in [2.24, 2.45) is 0 Å².